The number of benzene rings is 1. The molecule has 4 atom stereocenters. The van der Waals surface area contributed by atoms with Crippen molar-refractivity contribution < 1.29 is 9.84 Å². The van der Waals surface area contributed by atoms with Gasteiger partial charge in [-0.05, 0) is 47.8 Å². The first kappa shape index (κ1) is 15.4. The molecule has 1 N–H and O–H groups in total. The van der Waals surface area contributed by atoms with Gasteiger partial charge in [-0.3, -0.25) is 0 Å². The zero-order chi connectivity index (χ0) is 14.9. The molecular formula is C18H28O2. The lowest BCUT2D eigenvalue weighted by molar-refractivity contribution is -0.0389. The lowest BCUT2D eigenvalue weighted by atomic mass is 9.79. The summed E-state index contributed by atoms with van der Waals surface area (Å²) in [4.78, 5) is 0. The molecule has 1 fully saturated rings. The van der Waals surface area contributed by atoms with Gasteiger partial charge in [0.05, 0.1) is 6.10 Å². The van der Waals surface area contributed by atoms with E-state index in [-0.39, 0.29) is 17.6 Å². The van der Waals surface area contributed by atoms with E-state index in [1.165, 1.54) is 5.56 Å². The number of aliphatic hydroxyl groups excluding tert-OH is 1. The van der Waals surface area contributed by atoms with E-state index in [1.54, 1.807) is 0 Å². The lowest BCUT2D eigenvalue weighted by Gasteiger charge is -2.37. The van der Waals surface area contributed by atoms with Crippen molar-refractivity contribution in [3.8, 4) is 5.75 Å². The molecular weight excluding hydrogens is 248 g/mol. The van der Waals surface area contributed by atoms with Gasteiger partial charge in [-0.2, -0.15) is 0 Å². The van der Waals surface area contributed by atoms with E-state index in [4.69, 9.17) is 4.74 Å². The van der Waals surface area contributed by atoms with Gasteiger partial charge in [-0.25, -0.2) is 0 Å². The molecule has 1 aliphatic carbocycles. The lowest BCUT2D eigenvalue weighted by Crippen LogP contribution is -2.43. The van der Waals surface area contributed by atoms with Crippen LogP contribution in [0.25, 0.3) is 0 Å². The van der Waals surface area contributed by atoms with E-state index in [0.717, 1.165) is 18.6 Å². The molecule has 0 aromatic heterocycles. The molecule has 0 amide bonds. The van der Waals surface area contributed by atoms with Crippen LogP contribution >= 0.6 is 0 Å². The Morgan fingerprint density at radius 2 is 1.85 bits per heavy atom. The van der Waals surface area contributed by atoms with Crippen LogP contribution in [0.15, 0.2) is 24.3 Å². The second-order valence-electron chi connectivity index (χ2n) is 7.48. The van der Waals surface area contributed by atoms with Crippen molar-refractivity contribution in [1.29, 1.82) is 0 Å². The minimum atomic E-state index is -0.355. The molecule has 112 valence electrons. The van der Waals surface area contributed by atoms with Crippen LogP contribution in [0.5, 0.6) is 5.75 Å². The Morgan fingerprint density at radius 3 is 2.45 bits per heavy atom. The van der Waals surface area contributed by atoms with Gasteiger partial charge in [0.2, 0.25) is 0 Å². The molecule has 0 bridgehead atoms. The molecule has 0 saturated heterocycles. The first-order valence-electron chi connectivity index (χ1n) is 7.72. The van der Waals surface area contributed by atoms with Crippen LogP contribution in [0.2, 0.25) is 0 Å². The number of rotatable bonds is 2. The smallest absolute Gasteiger partial charge is 0.127 e. The summed E-state index contributed by atoms with van der Waals surface area (Å²) in [5.41, 5.74) is 1.38. The highest BCUT2D eigenvalue weighted by atomic mass is 16.5. The summed E-state index contributed by atoms with van der Waals surface area (Å²) in [5.74, 6) is 1.86. The standard InChI is InChI=1S/C18H28O2/c1-12-9-13(2)17(16(19)10-12)20-15-8-6-7-14(11-15)18(3,4)5/h6-8,11-13,16-17,19H,9-10H2,1-5H3. The first-order valence-corrected chi connectivity index (χ1v) is 7.72. The summed E-state index contributed by atoms with van der Waals surface area (Å²) in [5, 5.41) is 10.3. The molecule has 1 aliphatic rings. The maximum absolute atomic E-state index is 10.3. The summed E-state index contributed by atoms with van der Waals surface area (Å²) in [6.45, 7) is 11.0. The second-order valence-corrected chi connectivity index (χ2v) is 7.48. The molecule has 2 rings (SSSR count). The Kier molecular flexibility index (Phi) is 4.43. The summed E-state index contributed by atoms with van der Waals surface area (Å²) in [6, 6.07) is 8.28. The maximum atomic E-state index is 10.3. The summed E-state index contributed by atoms with van der Waals surface area (Å²) < 4.78 is 6.11. The van der Waals surface area contributed by atoms with Gasteiger partial charge in [-0.1, -0.05) is 46.8 Å². The first-order chi connectivity index (χ1) is 9.27. The number of ether oxygens (including phenoxy) is 1. The molecule has 20 heavy (non-hydrogen) atoms. The average Bonchev–Trinajstić information content (AvgIpc) is 2.33. The van der Waals surface area contributed by atoms with Crippen molar-refractivity contribution in [3.63, 3.8) is 0 Å². The van der Waals surface area contributed by atoms with Crippen LogP contribution in [0.1, 0.15) is 53.0 Å². The molecule has 1 aromatic carbocycles. The molecule has 0 heterocycles. The van der Waals surface area contributed by atoms with Crippen LogP contribution in [0.4, 0.5) is 0 Å². The predicted octanol–water partition coefficient (Wildman–Crippen LogP) is 4.16. The van der Waals surface area contributed by atoms with Gasteiger partial charge in [0.15, 0.2) is 0 Å². The maximum Gasteiger partial charge on any atom is 0.127 e. The average molecular weight is 276 g/mol. The van der Waals surface area contributed by atoms with Gasteiger partial charge in [0, 0.05) is 0 Å². The Labute approximate surface area is 123 Å². The third-order valence-electron chi connectivity index (χ3n) is 4.33. The summed E-state index contributed by atoms with van der Waals surface area (Å²) in [6.07, 6.45) is 1.53. The molecule has 0 radical (unpaired) electrons. The largest absolute Gasteiger partial charge is 0.487 e. The third-order valence-corrected chi connectivity index (χ3v) is 4.33. The van der Waals surface area contributed by atoms with E-state index < -0.39 is 0 Å². The highest BCUT2D eigenvalue weighted by Crippen LogP contribution is 2.33. The van der Waals surface area contributed by atoms with E-state index >= 15 is 0 Å². The minimum absolute atomic E-state index is 0.0820. The fourth-order valence-corrected chi connectivity index (χ4v) is 3.18. The highest BCUT2D eigenvalue weighted by Gasteiger charge is 2.34. The van der Waals surface area contributed by atoms with Crippen LogP contribution < -0.4 is 4.74 Å². The Bertz CT molecular complexity index is 435. The van der Waals surface area contributed by atoms with Crippen molar-refractivity contribution in [2.24, 2.45) is 11.8 Å². The Balaban J connectivity index is 2.13. The number of aliphatic hydroxyl groups is 1. The van der Waals surface area contributed by atoms with E-state index in [2.05, 4.69) is 46.8 Å². The molecule has 1 saturated carbocycles. The van der Waals surface area contributed by atoms with Crippen molar-refractivity contribution in [2.75, 3.05) is 0 Å². The van der Waals surface area contributed by atoms with E-state index in [0.29, 0.717) is 11.8 Å². The van der Waals surface area contributed by atoms with Crippen molar-refractivity contribution in [3.05, 3.63) is 29.8 Å². The van der Waals surface area contributed by atoms with Gasteiger partial charge in [0.1, 0.15) is 11.9 Å². The fourth-order valence-electron chi connectivity index (χ4n) is 3.18. The number of hydrogen-bond acceptors (Lipinski definition) is 2. The fraction of sp³-hybridized carbons (Fsp3) is 0.667. The minimum Gasteiger partial charge on any atom is -0.487 e. The van der Waals surface area contributed by atoms with Crippen molar-refractivity contribution >= 4 is 0 Å². The molecule has 0 aliphatic heterocycles. The van der Waals surface area contributed by atoms with Crippen LogP contribution in [0, 0.1) is 11.8 Å². The van der Waals surface area contributed by atoms with Crippen LogP contribution in [0.3, 0.4) is 0 Å². The van der Waals surface area contributed by atoms with Gasteiger partial charge >= 0.3 is 0 Å². The molecule has 2 heteroatoms. The zero-order valence-electron chi connectivity index (χ0n) is 13.4. The van der Waals surface area contributed by atoms with Gasteiger partial charge in [0.25, 0.3) is 0 Å². The van der Waals surface area contributed by atoms with Crippen LogP contribution in [-0.4, -0.2) is 17.3 Å². The number of hydrogen-bond donors (Lipinski definition) is 1. The SMILES string of the molecule is CC1CC(C)C(Oc2cccc(C(C)(C)C)c2)C(O)C1. The van der Waals surface area contributed by atoms with Crippen molar-refractivity contribution in [1.82, 2.24) is 0 Å². The van der Waals surface area contributed by atoms with Crippen molar-refractivity contribution in [2.45, 2.75) is 65.1 Å². The molecule has 2 nitrogen and oxygen atoms in total. The summed E-state index contributed by atoms with van der Waals surface area (Å²) >= 11 is 0. The van der Waals surface area contributed by atoms with Gasteiger partial charge < -0.3 is 9.84 Å². The monoisotopic (exact) mass is 276 g/mol. The van der Waals surface area contributed by atoms with E-state index in [9.17, 15) is 5.11 Å². The van der Waals surface area contributed by atoms with Gasteiger partial charge in [-0.15, -0.1) is 0 Å². The zero-order valence-corrected chi connectivity index (χ0v) is 13.4. The molecule has 1 aromatic rings. The predicted molar refractivity (Wildman–Crippen MR) is 83.1 cm³/mol. The second kappa shape index (κ2) is 5.77. The molecule has 4 unspecified atom stereocenters. The third kappa shape index (κ3) is 3.54. The summed E-state index contributed by atoms with van der Waals surface area (Å²) in [7, 11) is 0. The Hall–Kier alpha value is -1.02. The highest BCUT2D eigenvalue weighted by molar-refractivity contribution is 5.32. The normalized spacial score (nSPS) is 31.1. The Morgan fingerprint density at radius 1 is 1.15 bits per heavy atom. The van der Waals surface area contributed by atoms with E-state index in [1.807, 2.05) is 12.1 Å². The molecule has 0 spiro atoms. The van der Waals surface area contributed by atoms with Crippen LogP contribution in [-0.2, 0) is 5.41 Å². The quantitative estimate of drug-likeness (QED) is 0.879. The topological polar surface area (TPSA) is 29.5 Å².